The summed E-state index contributed by atoms with van der Waals surface area (Å²) in [6.07, 6.45) is 0.977. The first-order valence-corrected chi connectivity index (χ1v) is 11.3. The lowest BCUT2D eigenvalue weighted by Crippen LogP contribution is -2.51. The van der Waals surface area contributed by atoms with Gasteiger partial charge in [0.1, 0.15) is 6.04 Å². The quantitative estimate of drug-likeness (QED) is 0.342. The van der Waals surface area contributed by atoms with Crippen molar-refractivity contribution in [3.63, 3.8) is 0 Å². The van der Waals surface area contributed by atoms with Gasteiger partial charge in [0.25, 0.3) is 0 Å². The minimum Gasteiger partial charge on any atom is -0.369 e. The number of nitrogens with one attached hydrogen (secondary N) is 3. The number of carbonyl (C=O) groups is 3. The zero-order valence-corrected chi connectivity index (χ0v) is 20.4. The lowest BCUT2D eigenvalue weighted by molar-refractivity contribution is -0.126. The average molecular weight is 463 g/mol. The third-order valence-electron chi connectivity index (χ3n) is 4.46. The van der Waals surface area contributed by atoms with Gasteiger partial charge in [-0.2, -0.15) is 4.99 Å². The first kappa shape index (κ1) is 27.2. The van der Waals surface area contributed by atoms with Crippen LogP contribution in [0.1, 0.15) is 44.7 Å². The molecule has 0 aliphatic heterocycles. The molecule has 5 N–H and O–H groups in total. The Kier molecular flexibility index (Phi) is 10.9. The number of nitrogens with two attached hydrogens (primary N) is 1. The third kappa shape index (κ3) is 9.51. The van der Waals surface area contributed by atoms with Crippen molar-refractivity contribution in [2.45, 2.75) is 46.1 Å². The van der Waals surface area contributed by atoms with Crippen LogP contribution in [0.15, 0.2) is 29.3 Å². The maximum atomic E-state index is 12.7. The molecule has 0 saturated carbocycles. The Balaban J connectivity index is 2.77. The van der Waals surface area contributed by atoms with Crippen molar-refractivity contribution in [1.82, 2.24) is 15.5 Å². The molecule has 1 aromatic carbocycles. The van der Waals surface area contributed by atoms with Gasteiger partial charge in [-0.05, 0) is 23.5 Å². The third-order valence-corrected chi connectivity index (χ3v) is 5.60. The molecular formula is C22H34N6O3S. The number of aliphatic imine (C=N–C) groups is 1. The topological polar surface area (TPSA) is 141 Å². The predicted molar refractivity (Wildman–Crippen MR) is 130 cm³/mol. The van der Waals surface area contributed by atoms with Gasteiger partial charge < -0.3 is 16.0 Å². The van der Waals surface area contributed by atoms with E-state index in [0.717, 1.165) is 23.7 Å². The van der Waals surface area contributed by atoms with E-state index in [1.165, 1.54) is 17.4 Å². The van der Waals surface area contributed by atoms with Crippen LogP contribution in [0, 0.1) is 11.3 Å². The molecule has 10 heteroatoms. The van der Waals surface area contributed by atoms with Gasteiger partial charge in [0.15, 0.2) is 5.12 Å². The summed E-state index contributed by atoms with van der Waals surface area (Å²) in [7, 11) is 3.23. The van der Waals surface area contributed by atoms with E-state index >= 15 is 0 Å². The van der Waals surface area contributed by atoms with Crippen LogP contribution >= 0.6 is 11.8 Å². The van der Waals surface area contributed by atoms with Gasteiger partial charge in [-0.1, -0.05) is 56.8 Å². The van der Waals surface area contributed by atoms with Crippen molar-refractivity contribution in [2.24, 2.45) is 16.6 Å². The minimum absolute atomic E-state index is 0.0401. The zero-order chi connectivity index (χ0) is 24.4. The Morgan fingerprint density at radius 3 is 2.25 bits per heavy atom. The first-order chi connectivity index (χ1) is 14.9. The summed E-state index contributed by atoms with van der Waals surface area (Å²) < 4.78 is 0. The van der Waals surface area contributed by atoms with Crippen LogP contribution in [0.4, 0.5) is 0 Å². The van der Waals surface area contributed by atoms with E-state index in [9.17, 15) is 14.4 Å². The molecule has 0 heterocycles. The van der Waals surface area contributed by atoms with Crippen molar-refractivity contribution in [3.8, 4) is 0 Å². The van der Waals surface area contributed by atoms with E-state index in [4.69, 9.17) is 11.1 Å². The van der Waals surface area contributed by atoms with Crippen LogP contribution in [-0.2, 0) is 20.8 Å². The number of hydrogen-bond acceptors (Lipinski definition) is 5. The van der Waals surface area contributed by atoms with Gasteiger partial charge in [-0.15, -0.1) is 0 Å². The van der Waals surface area contributed by atoms with Crippen LogP contribution in [0.2, 0.25) is 0 Å². The Morgan fingerprint density at radius 2 is 1.75 bits per heavy atom. The number of amides is 2. The van der Waals surface area contributed by atoms with Crippen molar-refractivity contribution in [1.29, 1.82) is 5.41 Å². The highest BCUT2D eigenvalue weighted by Gasteiger charge is 2.24. The normalized spacial score (nSPS) is 13.3. The number of guanidine groups is 2. The molecule has 1 aromatic rings. The molecule has 0 aromatic heterocycles. The summed E-state index contributed by atoms with van der Waals surface area (Å²) in [5, 5.41) is 12.4. The Labute approximate surface area is 194 Å². The largest absolute Gasteiger partial charge is 0.369 e. The maximum Gasteiger partial charge on any atom is 0.250 e. The number of benzene rings is 1. The number of thioether (sulfide) groups is 1. The molecule has 9 nitrogen and oxygen atoms in total. The fourth-order valence-corrected chi connectivity index (χ4v) is 3.68. The molecule has 32 heavy (non-hydrogen) atoms. The highest BCUT2D eigenvalue weighted by Crippen LogP contribution is 2.23. The number of carbonyl (C=O) groups excluding carboxylic acids is 3. The Bertz CT molecular complexity index is 852. The average Bonchev–Trinajstić information content (AvgIpc) is 2.69. The van der Waals surface area contributed by atoms with E-state index in [-0.39, 0.29) is 28.7 Å². The molecule has 0 unspecified atom stereocenters. The highest BCUT2D eigenvalue weighted by atomic mass is 32.2. The van der Waals surface area contributed by atoms with Crippen LogP contribution in [0.3, 0.4) is 0 Å². The molecule has 0 aliphatic carbocycles. The van der Waals surface area contributed by atoms with E-state index in [0.29, 0.717) is 5.92 Å². The molecule has 2 amide bonds. The number of hydrogen-bond donors (Lipinski definition) is 4. The Hall–Kier alpha value is -2.88. The highest BCUT2D eigenvalue weighted by molar-refractivity contribution is 8.13. The van der Waals surface area contributed by atoms with Crippen molar-refractivity contribution < 1.29 is 14.4 Å². The summed E-state index contributed by atoms with van der Waals surface area (Å²) in [6.45, 7) is 7.42. The van der Waals surface area contributed by atoms with Crippen molar-refractivity contribution in [3.05, 3.63) is 35.4 Å². The van der Waals surface area contributed by atoms with Crippen LogP contribution in [0.5, 0.6) is 0 Å². The molecule has 1 rings (SSSR count). The molecule has 2 atom stereocenters. The van der Waals surface area contributed by atoms with Crippen molar-refractivity contribution in [2.75, 3.05) is 19.8 Å². The lowest BCUT2D eigenvalue weighted by atomic mass is 9.97. The predicted octanol–water partition coefficient (Wildman–Crippen LogP) is 1.68. The minimum atomic E-state index is -0.982. The molecule has 0 saturated heterocycles. The van der Waals surface area contributed by atoms with Gasteiger partial charge in [0, 0.05) is 26.8 Å². The molecule has 0 bridgehead atoms. The SMILES string of the molecule is CC(=O)N[C@H](CSC(=O)[C@@H](C)c1ccc(CC(C)C)cc1)C(=O)N/C(N)=N/C(=N)N(C)C. The Morgan fingerprint density at radius 1 is 1.16 bits per heavy atom. The lowest BCUT2D eigenvalue weighted by Gasteiger charge is -2.18. The summed E-state index contributed by atoms with van der Waals surface area (Å²) in [4.78, 5) is 41.9. The second kappa shape index (κ2) is 12.8. The summed E-state index contributed by atoms with van der Waals surface area (Å²) in [5.74, 6) is -1.20. The molecule has 0 radical (unpaired) electrons. The molecule has 0 aliphatic rings. The van der Waals surface area contributed by atoms with Crippen LogP contribution < -0.4 is 16.4 Å². The monoisotopic (exact) mass is 462 g/mol. The number of nitrogens with zero attached hydrogens (tertiary/aromatic N) is 2. The fourth-order valence-electron chi connectivity index (χ4n) is 2.72. The van der Waals surface area contributed by atoms with Crippen molar-refractivity contribution >= 4 is 40.6 Å². The van der Waals surface area contributed by atoms with E-state index < -0.39 is 17.9 Å². The summed E-state index contributed by atoms with van der Waals surface area (Å²) >= 11 is 0.973. The first-order valence-electron chi connectivity index (χ1n) is 10.3. The molecule has 0 fully saturated rings. The second-order valence-electron chi connectivity index (χ2n) is 8.15. The maximum absolute atomic E-state index is 12.7. The second-order valence-corrected chi connectivity index (χ2v) is 9.17. The van der Waals surface area contributed by atoms with Gasteiger partial charge in [-0.3, -0.25) is 25.1 Å². The molecule has 0 spiro atoms. The van der Waals surface area contributed by atoms with E-state index in [1.54, 1.807) is 14.1 Å². The van der Waals surface area contributed by atoms with Gasteiger partial charge in [0.2, 0.25) is 23.7 Å². The van der Waals surface area contributed by atoms with Crippen LogP contribution in [-0.4, -0.2) is 59.6 Å². The number of rotatable bonds is 8. The van der Waals surface area contributed by atoms with E-state index in [2.05, 4.69) is 29.5 Å². The van der Waals surface area contributed by atoms with Gasteiger partial charge in [-0.25, -0.2) is 0 Å². The smallest absolute Gasteiger partial charge is 0.250 e. The standard InChI is InChI=1S/C22H34N6O3S/c1-13(2)11-16-7-9-17(10-8-16)14(3)20(31)32-12-18(25-15(4)29)19(30)26-21(23)27-22(24)28(5)6/h7-10,13-14,18H,11-12H2,1-6H3,(H,25,29)(H4,23,24,26,27,30)/t14-,18+/m0/s1. The summed E-state index contributed by atoms with van der Waals surface area (Å²) in [5.41, 5.74) is 7.79. The molecular weight excluding hydrogens is 428 g/mol. The van der Waals surface area contributed by atoms with Crippen LogP contribution in [0.25, 0.3) is 0 Å². The zero-order valence-electron chi connectivity index (χ0n) is 19.6. The summed E-state index contributed by atoms with van der Waals surface area (Å²) in [6, 6.07) is 6.99. The van der Waals surface area contributed by atoms with Gasteiger partial charge >= 0.3 is 0 Å². The van der Waals surface area contributed by atoms with Gasteiger partial charge in [0.05, 0.1) is 5.92 Å². The molecule has 176 valence electrons. The fraction of sp³-hybridized carbons (Fsp3) is 0.500. The van der Waals surface area contributed by atoms with E-state index in [1.807, 2.05) is 31.2 Å².